The van der Waals surface area contributed by atoms with E-state index in [1.165, 1.54) is 76.1 Å². The summed E-state index contributed by atoms with van der Waals surface area (Å²) in [6, 6.07) is 57.5. The van der Waals surface area contributed by atoms with Gasteiger partial charge in [0.15, 0.2) is 0 Å². The second kappa shape index (κ2) is 13.4. The first-order valence-electron chi connectivity index (χ1n) is 19.7. The Balaban J connectivity index is 1.10. The summed E-state index contributed by atoms with van der Waals surface area (Å²) in [6.45, 7) is 0. The van der Waals surface area contributed by atoms with Crippen LogP contribution in [0, 0.1) is 0 Å². The molecule has 0 atom stereocenters. The van der Waals surface area contributed by atoms with Gasteiger partial charge in [0.2, 0.25) is 0 Å². The zero-order chi connectivity index (χ0) is 37.0. The minimum atomic E-state index is 0.806. The smallest absolute Gasteiger partial charge is 0.145 e. The lowest BCUT2D eigenvalue weighted by Crippen LogP contribution is -2.31. The molecule has 8 aromatic carbocycles. The minimum absolute atomic E-state index is 0.806. The van der Waals surface area contributed by atoms with Gasteiger partial charge in [-0.15, -0.1) is 0 Å². The van der Waals surface area contributed by atoms with Crippen molar-refractivity contribution >= 4 is 66.6 Å². The normalized spacial score (nSPS) is 13.9. The highest BCUT2D eigenvalue weighted by molar-refractivity contribution is 6.09. The van der Waals surface area contributed by atoms with Gasteiger partial charge in [0.1, 0.15) is 5.82 Å². The van der Waals surface area contributed by atoms with Crippen molar-refractivity contribution in [1.82, 2.24) is 9.55 Å². The fraction of sp³-hybridized carbons (Fsp3) is 0.0556. The van der Waals surface area contributed by atoms with Crippen LogP contribution in [0.4, 0.5) is 0 Å². The van der Waals surface area contributed by atoms with Crippen LogP contribution < -0.4 is 10.4 Å². The van der Waals surface area contributed by atoms with Gasteiger partial charge in [-0.1, -0.05) is 152 Å². The largest absolute Gasteiger partial charge is 0.292 e. The molecule has 0 saturated heterocycles. The van der Waals surface area contributed by atoms with Crippen LogP contribution in [-0.2, 0) is 0 Å². The van der Waals surface area contributed by atoms with Crippen LogP contribution in [-0.4, -0.2) is 9.55 Å². The van der Waals surface area contributed by atoms with Crippen molar-refractivity contribution < 1.29 is 0 Å². The summed E-state index contributed by atoms with van der Waals surface area (Å²) in [5.41, 5.74) is 11.9. The molecule has 2 aliphatic carbocycles. The first kappa shape index (κ1) is 32.4. The Morgan fingerprint density at radius 2 is 1.00 bits per heavy atom. The molecule has 2 nitrogen and oxygen atoms in total. The molecule has 0 bridgehead atoms. The summed E-state index contributed by atoms with van der Waals surface area (Å²) < 4.78 is 2.29. The summed E-state index contributed by atoms with van der Waals surface area (Å²) in [6.07, 6.45) is 17.0. The fourth-order valence-electron chi connectivity index (χ4n) is 8.97. The molecule has 0 N–H and O–H groups in total. The van der Waals surface area contributed by atoms with Gasteiger partial charge in [0.25, 0.3) is 0 Å². The molecule has 2 heteroatoms. The number of fused-ring (bicyclic) bond motifs is 5. The molecule has 11 rings (SSSR count). The SMILES string of the molecule is C1=CC(c2nc3ccccc3n2-c2ccccc2)=CCC=C1c1ccc2c(-c3ccc4ccccc4c3)c3c(c(-c4ccc5ccccc5c4)c2c1)=CCCC=3. The maximum absolute atomic E-state index is 5.17. The van der Waals surface area contributed by atoms with Crippen LogP contribution in [0.15, 0.2) is 182 Å². The third-order valence-electron chi connectivity index (χ3n) is 11.6. The van der Waals surface area contributed by atoms with E-state index in [0.717, 1.165) is 47.4 Å². The maximum Gasteiger partial charge on any atom is 0.145 e. The van der Waals surface area contributed by atoms with Gasteiger partial charge in [0.05, 0.1) is 11.0 Å². The summed E-state index contributed by atoms with van der Waals surface area (Å²) >= 11 is 0. The van der Waals surface area contributed by atoms with E-state index >= 15 is 0 Å². The van der Waals surface area contributed by atoms with Crippen molar-refractivity contribution in [3.63, 3.8) is 0 Å². The van der Waals surface area contributed by atoms with Crippen molar-refractivity contribution in [3.8, 4) is 27.9 Å². The van der Waals surface area contributed by atoms with Crippen LogP contribution in [0.3, 0.4) is 0 Å². The number of benzene rings is 8. The third-order valence-corrected chi connectivity index (χ3v) is 11.6. The van der Waals surface area contributed by atoms with Crippen molar-refractivity contribution in [1.29, 1.82) is 0 Å². The van der Waals surface area contributed by atoms with Crippen molar-refractivity contribution in [2.45, 2.75) is 19.3 Å². The van der Waals surface area contributed by atoms with E-state index in [1.54, 1.807) is 0 Å². The molecule has 2 aliphatic rings. The fourth-order valence-corrected chi connectivity index (χ4v) is 8.97. The number of allylic oxidation sites excluding steroid dienone is 6. The number of hydrogen-bond donors (Lipinski definition) is 0. The third kappa shape index (κ3) is 5.45. The monoisotopic (exact) mass is 714 g/mol. The molecule has 1 heterocycles. The highest BCUT2D eigenvalue weighted by atomic mass is 15.1. The number of aromatic nitrogens is 2. The highest BCUT2D eigenvalue weighted by Crippen LogP contribution is 2.37. The lowest BCUT2D eigenvalue weighted by atomic mass is 9.84. The highest BCUT2D eigenvalue weighted by Gasteiger charge is 2.19. The second-order valence-electron chi connectivity index (χ2n) is 14.9. The Labute approximate surface area is 326 Å². The average Bonchev–Trinajstić information content (AvgIpc) is 3.47. The predicted octanol–water partition coefficient (Wildman–Crippen LogP) is 12.6. The molecule has 56 heavy (non-hydrogen) atoms. The van der Waals surface area contributed by atoms with E-state index in [2.05, 4.69) is 199 Å². The molecule has 0 amide bonds. The Morgan fingerprint density at radius 1 is 0.429 bits per heavy atom. The maximum atomic E-state index is 5.17. The quantitative estimate of drug-likeness (QED) is 0.174. The molecule has 0 spiro atoms. The minimum Gasteiger partial charge on any atom is -0.292 e. The molecule has 0 fully saturated rings. The second-order valence-corrected chi connectivity index (χ2v) is 14.9. The molecule has 0 aliphatic heterocycles. The van der Waals surface area contributed by atoms with Gasteiger partial charge >= 0.3 is 0 Å². The van der Waals surface area contributed by atoms with E-state index in [4.69, 9.17) is 4.98 Å². The Hall–Kier alpha value is -7.03. The van der Waals surface area contributed by atoms with Crippen molar-refractivity contribution in [2.24, 2.45) is 0 Å². The zero-order valence-electron chi connectivity index (χ0n) is 31.0. The first-order chi connectivity index (χ1) is 27.8. The van der Waals surface area contributed by atoms with Gasteiger partial charge in [-0.2, -0.15) is 0 Å². The molecule has 1 aromatic heterocycles. The summed E-state index contributed by atoms with van der Waals surface area (Å²) in [5, 5.41) is 10.3. The lowest BCUT2D eigenvalue weighted by molar-refractivity contribution is 1.05. The van der Waals surface area contributed by atoms with E-state index in [-0.39, 0.29) is 0 Å². The molecule has 0 radical (unpaired) electrons. The number of para-hydroxylation sites is 3. The predicted molar refractivity (Wildman–Crippen MR) is 238 cm³/mol. The lowest BCUT2D eigenvalue weighted by Gasteiger charge is -2.19. The van der Waals surface area contributed by atoms with E-state index in [0.29, 0.717) is 0 Å². The van der Waals surface area contributed by atoms with Gasteiger partial charge in [-0.05, 0) is 138 Å². The van der Waals surface area contributed by atoms with E-state index < -0.39 is 0 Å². The number of rotatable bonds is 5. The number of hydrogen-bond acceptors (Lipinski definition) is 1. The van der Waals surface area contributed by atoms with Gasteiger partial charge in [0, 0.05) is 11.3 Å². The molecule has 9 aromatic rings. The topological polar surface area (TPSA) is 17.8 Å². The zero-order valence-corrected chi connectivity index (χ0v) is 31.0. The van der Waals surface area contributed by atoms with E-state index in [9.17, 15) is 0 Å². The van der Waals surface area contributed by atoms with Crippen LogP contribution in [0.2, 0.25) is 0 Å². The van der Waals surface area contributed by atoms with Gasteiger partial charge < -0.3 is 0 Å². The van der Waals surface area contributed by atoms with Crippen LogP contribution in [0.5, 0.6) is 0 Å². The Bertz CT molecular complexity index is 3260. The Kier molecular flexibility index (Phi) is 7.74. The van der Waals surface area contributed by atoms with Crippen LogP contribution >= 0.6 is 0 Å². The molecular formula is C54H38N2. The summed E-state index contributed by atoms with van der Waals surface area (Å²) in [5.74, 6) is 0.957. The summed E-state index contributed by atoms with van der Waals surface area (Å²) in [7, 11) is 0. The molecule has 264 valence electrons. The van der Waals surface area contributed by atoms with Crippen LogP contribution in [0.1, 0.15) is 30.7 Å². The molecule has 0 saturated carbocycles. The average molecular weight is 715 g/mol. The van der Waals surface area contributed by atoms with Gasteiger partial charge in [-0.3, -0.25) is 4.57 Å². The number of nitrogens with zero attached hydrogens (tertiary/aromatic N) is 2. The van der Waals surface area contributed by atoms with Crippen molar-refractivity contribution in [2.75, 3.05) is 0 Å². The van der Waals surface area contributed by atoms with Crippen molar-refractivity contribution in [3.05, 3.63) is 204 Å². The standard InChI is InChI=1S/C54H38N2/c1-2-19-45(20-3-1)56-51-24-11-10-23-50(51)55-54(56)39-18-12-17-38(25-28-39)42-31-32-48-49(35-42)53(44-30-27-37-14-5-7-16-41(37)34-44)47-22-9-8-21-46(47)52(48)43-29-26-36-13-4-6-15-40(36)33-43/h1-7,10-11,13-35H,8-9,12H2. The Morgan fingerprint density at radius 3 is 1.71 bits per heavy atom. The molecular weight excluding hydrogens is 677 g/mol. The summed E-state index contributed by atoms with van der Waals surface area (Å²) in [4.78, 5) is 5.17. The first-order valence-corrected chi connectivity index (χ1v) is 19.7. The van der Waals surface area contributed by atoms with E-state index in [1.807, 2.05) is 0 Å². The van der Waals surface area contributed by atoms with Crippen LogP contribution in [0.25, 0.3) is 94.6 Å². The number of imidazole rings is 1. The molecule has 0 unspecified atom stereocenters. The van der Waals surface area contributed by atoms with Gasteiger partial charge in [-0.25, -0.2) is 4.98 Å².